The van der Waals surface area contributed by atoms with E-state index in [0.29, 0.717) is 16.4 Å². The van der Waals surface area contributed by atoms with Crippen LogP contribution in [-0.2, 0) is 0 Å². The van der Waals surface area contributed by atoms with Gasteiger partial charge in [0.2, 0.25) is 5.13 Å². The van der Waals surface area contributed by atoms with Gasteiger partial charge in [-0.05, 0) is 22.9 Å². The van der Waals surface area contributed by atoms with Crippen molar-refractivity contribution in [3.05, 3.63) is 72.3 Å². The molecule has 1 heterocycles. The molecule has 0 saturated heterocycles. The number of rotatable bonds is 4. The van der Waals surface area contributed by atoms with E-state index in [-0.39, 0.29) is 5.91 Å². The van der Waals surface area contributed by atoms with Crippen LogP contribution in [0.4, 0.5) is 5.13 Å². The van der Waals surface area contributed by atoms with Crippen LogP contribution < -0.4 is 10.1 Å². The molecule has 0 aliphatic rings. The molecule has 6 heteroatoms. The van der Waals surface area contributed by atoms with Crippen LogP contribution in [0.25, 0.3) is 21.3 Å². The number of carbonyl (C=O) groups excluding carboxylic acids is 1. The Kier molecular flexibility index (Phi) is 4.33. The molecule has 3 aromatic carbocycles. The zero-order chi connectivity index (χ0) is 17.9. The molecule has 0 aliphatic heterocycles. The molecule has 0 bridgehead atoms. The number of amides is 1. The van der Waals surface area contributed by atoms with Crippen LogP contribution in [0.5, 0.6) is 5.75 Å². The summed E-state index contributed by atoms with van der Waals surface area (Å²) in [4.78, 5) is 12.7. The minimum atomic E-state index is -0.275. The molecule has 1 N–H and O–H groups in total. The van der Waals surface area contributed by atoms with Crippen LogP contribution >= 0.6 is 11.3 Å². The van der Waals surface area contributed by atoms with Crippen LogP contribution in [0.15, 0.2) is 66.7 Å². The summed E-state index contributed by atoms with van der Waals surface area (Å²) in [7, 11) is 1.55. The lowest BCUT2D eigenvalue weighted by Gasteiger charge is -2.09. The largest absolute Gasteiger partial charge is 0.496 e. The second-order valence-corrected chi connectivity index (χ2v) is 6.61. The molecule has 0 saturated carbocycles. The number of aromatic nitrogens is 2. The lowest BCUT2D eigenvalue weighted by atomic mass is 10.1. The number of ether oxygens (including phenoxy) is 1. The smallest absolute Gasteiger partial charge is 0.261 e. The lowest BCUT2D eigenvalue weighted by Crippen LogP contribution is -2.13. The monoisotopic (exact) mass is 361 g/mol. The molecule has 0 spiro atoms. The van der Waals surface area contributed by atoms with Gasteiger partial charge in [0.05, 0.1) is 12.7 Å². The number of benzene rings is 3. The number of hydrogen-bond donors (Lipinski definition) is 1. The Morgan fingerprint density at radius 1 is 0.962 bits per heavy atom. The van der Waals surface area contributed by atoms with Crippen molar-refractivity contribution in [2.24, 2.45) is 0 Å². The Morgan fingerprint density at radius 2 is 1.65 bits per heavy atom. The van der Waals surface area contributed by atoms with Crippen molar-refractivity contribution in [2.45, 2.75) is 0 Å². The number of nitrogens with zero attached hydrogens (tertiary/aromatic N) is 2. The standard InChI is InChI=1S/C20H15N3O2S/c1-25-17-12-15-10-6-5-9-14(15)11-16(17)18(24)21-20-23-22-19(26-20)13-7-3-2-4-8-13/h2-12H,1H3,(H,21,23,24). The molecule has 4 rings (SSSR count). The van der Waals surface area contributed by atoms with E-state index in [9.17, 15) is 4.79 Å². The topological polar surface area (TPSA) is 64.1 Å². The Labute approximate surface area is 154 Å². The van der Waals surface area contributed by atoms with Crippen molar-refractivity contribution in [1.29, 1.82) is 0 Å². The van der Waals surface area contributed by atoms with Gasteiger partial charge in [0, 0.05) is 5.56 Å². The zero-order valence-corrected chi connectivity index (χ0v) is 14.8. The third-order valence-electron chi connectivity index (χ3n) is 3.98. The maximum Gasteiger partial charge on any atom is 0.261 e. The summed E-state index contributed by atoms with van der Waals surface area (Å²) in [5.41, 5.74) is 1.43. The van der Waals surface area contributed by atoms with Gasteiger partial charge in [-0.2, -0.15) is 0 Å². The molecule has 26 heavy (non-hydrogen) atoms. The van der Waals surface area contributed by atoms with Crippen molar-refractivity contribution in [2.75, 3.05) is 12.4 Å². The third-order valence-corrected chi connectivity index (χ3v) is 4.87. The highest BCUT2D eigenvalue weighted by molar-refractivity contribution is 7.18. The molecule has 0 aliphatic carbocycles. The number of methoxy groups -OCH3 is 1. The molecule has 0 fully saturated rings. The fourth-order valence-electron chi connectivity index (χ4n) is 2.70. The van der Waals surface area contributed by atoms with Gasteiger partial charge in [0.25, 0.3) is 5.91 Å². The Bertz CT molecular complexity index is 1080. The minimum absolute atomic E-state index is 0.275. The normalized spacial score (nSPS) is 10.7. The first-order chi connectivity index (χ1) is 12.7. The molecule has 1 amide bonds. The van der Waals surface area contributed by atoms with E-state index in [1.807, 2.05) is 66.7 Å². The molecule has 4 aromatic rings. The predicted octanol–water partition coefficient (Wildman–Crippen LogP) is 4.62. The molecule has 0 radical (unpaired) electrons. The molecule has 5 nitrogen and oxygen atoms in total. The first kappa shape index (κ1) is 16.2. The van der Waals surface area contributed by atoms with Crippen molar-refractivity contribution in [3.8, 4) is 16.3 Å². The summed E-state index contributed by atoms with van der Waals surface area (Å²) in [5, 5.41) is 14.2. The number of fused-ring (bicyclic) bond motifs is 1. The quantitative estimate of drug-likeness (QED) is 0.576. The molecule has 0 atom stereocenters. The van der Waals surface area contributed by atoms with E-state index in [4.69, 9.17) is 4.74 Å². The maximum atomic E-state index is 12.7. The van der Waals surface area contributed by atoms with E-state index < -0.39 is 0 Å². The fourth-order valence-corrected chi connectivity index (χ4v) is 3.45. The molecular formula is C20H15N3O2S. The van der Waals surface area contributed by atoms with Crippen molar-refractivity contribution < 1.29 is 9.53 Å². The predicted molar refractivity (Wildman–Crippen MR) is 104 cm³/mol. The van der Waals surface area contributed by atoms with Crippen LogP contribution in [0.3, 0.4) is 0 Å². The van der Waals surface area contributed by atoms with E-state index in [1.165, 1.54) is 11.3 Å². The highest BCUT2D eigenvalue weighted by Crippen LogP contribution is 2.29. The SMILES string of the molecule is COc1cc2ccccc2cc1C(=O)Nc1nnc(-c2ccccc2)s1. The Hall–Kier alpha value is -3.25. The highest BCUT2D eigenvalue weighted by atomic mass is 32.1. The second kappa shape index (κ2) is 6.93. The Morgan fingerprint density at radius 3 is 2.38 bits per heavy atom. The third kappa shape index (κ3) is 3.14. The van der Waals surface area contributed by atoms with E-state index in [0.717, 1.165) is 21.3 Å². The van der Waals surface area contributed by atoms with Gasteiger partial charge in [-0.3, -0.25) is 10.1 Å². The van der Waals surface area contributed by atoms with Gasteiger partial charge < -0.3 is 4.74 Å². The molecular weight excluding hydrogens is 346 g/mol. The van der Waals surface area contributed by atoms with E-state index >= 15 is 0 Å². The number of hydrogen-bond acceptors (Lipinski definition) is 5. The lowest BCUT2D eigenvalue weighted by molar-refractivity contribution is 0.102. The van der Waals surface area contributed by atoms with Crippen molar-refractivity contribution in [3.63, 3.8) is 0 Å². The highest BCUT2D eigenvalue weighted by Gasteiger charge is 2.16. The Balaban J connectivity index is 1.62. The number of nitrogens with one attached hydrogen (secondary N) is 1. The minimum Gasteiger partial charge on any atom is -0.496 e. The van der Waals surface area contributed by atoms with Crippen LogP contribution in [0.2, 0.25) is 0 Å². The fraction of sp³-hybridized carbons (Fsp3) is 0.0500. The number of carbonyl (C=O) groups is 1. The van der Waals surface area contributed by atoms with Gasteiger partial charge in [-0.25, -0.2) is 0 Å². The summed E-state index contributed by atoms with van der Waals surface area (Å²) in [6.45, 7) is 0. The molecule has 128 valence electrons. The van der Waals surface area contributed by atoms with Crippen LogP contribution in [-0.4, -0.2) is 23.2 Å². The summed E-state index contributed by atoms with van der Waals surface area (Å²) >= 11 is 1.33. The zero-order valence-electron chi connectivity index (χ0n) is 14.0. The van der Waals surface area contributed by atoms with Gasteiger partial charge >= 0.3 is 0 Å². The number of anilines is 1. The van der Waals surface area contributed by atoms with Gasteiger partial charge in [-0.15, -0.1) is 10.2 Å². The summed E-state index contributed by atoms with van der Waals surface area (Å²) in [6, 6.07) is 21.3. The molecule has 1 aromatic heterocycles. The van der Waals surface area contributed by atoms with Gasteiger partial charge in [0.15, 0.2) is 0 Å². The van der Waals surface area contributed by atoms with Gasteiger partial charge in [-0.1, -0.05) is 65.9 Å². The van der Waals surface area contributed by atoms with Crippen LogP contribution in [0, 0.1) is 0 Å². The first-order valence-electron chi connectivity index (χ1n) is 8.01. The summed E-state index contributed by atoms with van der Waals surface area (Å²) < 4.78 is 5.39. The second-order valence-electron chi connectivity index (χ2n) is 5.63. The average molecular weight is 361 g/mol. The van der Waals surface area contributed by atoms with Gasteiger partial charge in [0.1, 0.15) is 10.8 Å². The van der Waals surface area contributed by atoms with Crippen molar-refractivity contribution >= 4 is 33.1 Å². The van der Waals surface area contributed by atoms with E-state index in [2.05, 4.69) is 15.5 Å². The summed E-state index contributed by atoms with van der Waals surface area (Å²) in [6.07, 6.45) is 0. The average Bonchev–Trinajstić information content (AvgIpc) is 3.16. The first-order valence-corrected chi connectivity index (χ1v) is 8.83. The van der Waals surface area contributed by atoms with Crippen LogP contribution in [0.1, 0.15) is 10.4 Å². The van der Waals surface area contributed by atoms with E-state index in [1.54, 1.807) is 7.11 Å². The van der Waals surface area contributed by atoms with Crippen molar-refractivity contribution in [1.82, 2.24) is 10.2 Å². The maximum absolute atomic E-state index is 12.7. The summed E-state index contributed by atoms with van der Waals surface area (Å²) in [5.74, 6) is 0.248. The molecule has 0 unspecified atom stereocenters.